The highest BCUT2D eigenvalue weighted by Gasteiger charge is 2.18. The van der Waals surface area contributed by atoms with Gasteiger partial charge in [-0.05, 0) is 20.8 Å². The van der Waals surface area contributed by atoms with E-state index in [4.69, 9.17) is 10.5 Å². The lowest BCUT2D eigenvalue weighted by atomic mass is 10.2. The van der Waals surface area contributed by atoms with Crippen molar-refractivity contribution in [1.82, 2.24) is 5.32 Å². The van der Waals surface area contributed by atoms with Gasteiger partial charge >= 0.3 is 12.1 Å². The van der Waals surface area contributed by atoms with Gasteiger partial charge in [0.05, 0.1) is 7.11 Å². The smallest absolute Gasteiger partial charge is 0.407 e. The number of nitrogens with two attached hydrogens (primary N) is 1. The standard InChI is InChI=1S/C9H18N2O4.ClH/c1-9(2,3)15-8(13)11-5-6(10)7(12)14-4;/h6H,5,10H2,1-4H3,(H,11,13);1H. The van der Waals surface area contributed by atoms with Crippen molar-refractivity contribution in [2.24, 2.45) is 5.73 Å². The van der Waals surface area contributed by atoms with E-state index in [1.165, 1.54) is 7.11 Å². The molecule has 0 heterocycles. The molecule has 7 heteroatoms. The Hall–Kier alpha value is -1.01. The van der Waals surface area contributed by atoms with E-state index in [-0.39, 0.29) is 19.0 Å². The normalized spacial score (nSPS) is 12.1. The van der Waals surface area contributed by atoms with Gasteiger partial charge in [0, 0.05) is 6.54 Å². The minimum absolute atomic E-state index is 0. The van der Waals surface area contributed by atoms with Crippen molar-refractivity contribution in [3.05, 3.63) is 0 Å². The van der Waals surface area contributed by atoms with Crippen LogP contribution in [0.5, 0.6) is 0 Å². The second-order valence-corrected chi connectivity index (χ2v) is 4.01. The van der Waals surface area contributed by atoms with Crippen LogP contribution in [0, 0.1) is 0 Å². The minimum Gasteiger partial charge on any atom is -0.468 e. The van der Waals surface area contributed by atoms with Crippen LogP contribution < -0.4 is 11.1 Å². The molecule has 0 saturated heterocycles. The highest BCUT2D eigenvalue weighted by atomic mass is 35.5. The molecule has 0 aliphatic heterocycles. The summed E-state index contributed by atoms with van der Waals surface area (Å²) < 4.78 is 9.33. The summed E-state index contributed by atoms with van der Waals surface area (Å²) in [6, 6.07) is -0.873. The van der Waals surface area contributed by atoms with E-state index in [2.05, 4.69) is 10.1 Å². The van der Waals surface area contributed by atoms with Crippen molar-refractivity contribution in [3.63, 3.8) is 0 Å². The van der Waals surface area contributed by atoms with Crippen LogP contribution in [0.2, 0.25) is 0 Å². The Bertz CT molecular complexity index is 240. The minimum atomic E-state index is -0.873. The van der Waals surface area contributed by atoms with Gasteiger partial charge in [-0.25, -0.2) is 4.79 Å². The quantitative estimate of drug-likeness (QED) is 0.713. The second-order valence-electron chi connectivity index (χ2n) is 4.01. The summed E-state index contributed by atoms with van der Waals surface area (Å²) in [5.41, 5.74) is 4.82. The van der Waals surface area contributed by atoms with Crippen molar-refractivity contribution in [3.8, 4) is 0 Å². The fourth-order valence-corrected chi connectivity index (χ4v) is 0.742. The van der Waals surface area contributed by atoms with Gasteiger partial charge in [0.1, 0.15) is 11.6 Å². The van der Waals surface area contributed by atoms with E-state index in [1.54, 1.807) is 20.8 Å². The zero-order valence-corrected chi connectivity index (χ0v) is 10.7. The molecule has 0 aromatic carbocycles. The Morgan fingerprint density at radius 3 is 2.25 bits per heavy atom. The van der Waals surface area contributed by atoms with Crippen LogP contribution in [-0.2, 0) is 14.3 Å². The van der Waals surface area contributed by atoms with Crippen LogP contribution >= 0.6 is 12.4 Å². The molecule has 6 nitrogen and oxygen atoms in total. The number of nitrogens with one attached hydrogen (secondary N) is 1. The predicted molar refractivity (Wildman–Crippen MR) is 61.5 cm³/mol. The summed E-state index contributed by atoms with van der Waals surface area (Å²) in [6.07, 6.45) is -0.609. The average molecular weight is 255 g/mol. The Labute approximate surface area is 101 Å². The summed E-state index contributed by atoms with van der Waals surface area (Å²) in [5.74, 6) is -0.578. The van der Waals surface area contributed by atoms with Gasteiger partial charge < -0.3 is 20.5 Å². The molecular weight excluding hydrogens is 236 g/mol. The molecule has 0 aromatic rings. The summed E-state index contributed by atoms with van der Waals surface area (Å²) in [5, 5.41) is 2.37. The molecule has 1 amide bonds. The Morgan fingerprint density at radius 1 is 1.38 bits per heavy atom. The summed E-state index contributed by atoms with van der Waals surface area (Å²) in [4.78, 5) is 22.0. The lowest BCUT2D eigenvalue weighted by molar-refractivity contribution is -0.141. The van der Waals surface area contributed by atoms with Crippen LogP contribution in [0.3, 0.4) is 0 Å². The van der Waals surface area contributed by atoms with Gasteiger partial charge in [-0.15, -0.1) is 12.4 Å². The highest BCUT2D eigenvalue weighted by Crippen LogP contribution is 2.06. The molecule has 1 unspecified atom stereocenters. The molecule has 0 saturated carbocycles. The fourth-order valence-electron chi connectivity index (χ4n) is 0.742. The molecular formula is C9H19ClN2O4. The molecule has 0 aromatic heterocycles. The van der Waals surface area contributed by atoms with Gasteiger partial charge in [-0.2, -0.15) is 0 Å². The highest BCUT2D eigenvalue weighted by molar-refractivity contribution is 5.85. The van der Waals surface area contributed by atoms with E-state index in [1.807, 2.05) is 0 Å². The number of methoxy groups -OCH3 is 1. The second kappa shape index (κ2) is 7.29. The van der Waals surface area contributed by atoms with E-state index >= 15 is 0 Å². The summed E-state index contributed by atoms with van der Waals surface area (Å²) in [7, 11) is 1.23. The largest absolute Gasteiger partial charge is 0.468 e. The number of rotatable bonds is 3. The van der Waals surface area contributed by atoms with Crippen molar-refractivity contribution >= 4 is 24.5 Å². The first-order chi connectivity index (χ1) is 6.76. The molecule has 1 atom stereocenters. The maximum Gasteiger partial charge on any atom is 0.407 e. The lowest BCUT2D eigenvalue weighted by Crippen LogP contribution is -2.44. The third-order valence-corrected chi connectivity index (χ3v) is 1.37. The topological polar surface area (TPSA) is 90.6 Å². The third-order valence-electron chi connectivity index (χ3n) is 1.37. The first kappa shape index (κ1) is 17.4. The number of amides is 1. The number of hydrogen-bond donors (Lipinski definition) is 2. The number of ether oxygens (including phenoxy) is 2. The SMILES string of the molecule is COC(=O)C(N)CNC(=O)OC(C)(C)C.Cl. The summed E-state index contributed by atoms with van der Waals surface area (Å²) in [6.45, 7) is 5.22. The van der Waals surface area contributed by atoms with Crippen LogP contribution in [0.25, 0.3) is 0 Å². The maximum atomic E-state index is 11.1. The van der Waals surface area contributed by atoms with Crippen molar-refractivity contribution in [2.75, 3.05) is 13.7 Å². The zero-order chi connectivity index (χ0) is 12.1. The Balaban J connectivity index is 0. The van der Waals surface area contributed by atoms with Gasteiger partial charge in [0.2, 0.25) is 0 Å². The predicted octanol–water partition coefficient (Wildman–Crippen LogP) is 0.433. The van der Waals surface area contributed by atoms with Crippen LogP contribution in [0.1, 0.15) is 20.8 Å². The van der Waals surface area contributed by atoms with E-state index < -0.39 is 23.7 Å². The van der Waals surface area contributed by atoms with Crippen molar-refractivity contribution < 1.29 is 19.1 Å². The summed E-state index contributed by atoms with van der Waals surface area (Å²) >= 11 is 0. The Morgan fingerprint density at radius 2 is 1.88 bits per heavy atom. The molecule has 0 bridgehead atoms. The van der Waals surface area contributed by atoms with Gasteiger partial charge in [0.15, 0.2) is 0 Å². The number of hydrogen-bond acceptors (Lipinski definition) is 5. The molecule has 0 aliphatic rings. The number of alkyl carbamates (subject to hydrolysis) is 1. The molecule has 0 aliphatic carbocycles. The third kappa shape index (κ3) is 8.31. The molecule has 96 valence electrons. The lowest BCUT2D eigenvalue weighted by Gasteiger charge is -2.20. The van der Waals surface area contributed by atoms with Crippen molar-refractivity contribution in [1.29, 1.82) is 0 Å². The number of carbonyl (C=O) groups is 2. The molecule has 0 spiro atoms. The zero-order valence-electron chi connectivity index (χ0n) is 9.90. The number of esters is 1. The molecule has 3 N–H and O–H groups in total. The molecule has 16 heavy (non-hydrogen) atoms. The van der Waals surface area contributed by atoms with Gasteiger partial charge in [-0.3, -0.25) is 4.79 Å². The fraction of sp³-hybridized carbons (Fsp3) is 0.778. The number of carbonyl (C=O) groups excluding carboxylic acids is 2. The number of halogens is 1. The Kier molecular flexibility index (Phi) is 7.93. The van der Waals surface area contributed by atoms with Crippen molar-refractivity contribution in [2.45, 2.75) is 32.4 Å². The molecule has 0 fully saturated rings. The van der Waals surface area contributed by atoms with Crippen LogP contribution in [0.4, 0.5) is 4.79 Å². The van der Waals surface area contributed by atoms with E-state index in [9.17, 15) is 9.59 Å². The monoisotopic (exact) mass is 254 g/mol. The molecule has 0 rings (SSSR count). The van der Waals surface area contributed by atoms with E-state index in [0.29, 0.717) is 0 Å². The first-order valence-electron chi connectivity index (χ1n) is 4.56. The van der Waals surface area contributed by atoms with Gasteiger partial charge in [-0.1, -0.05) is 0 Å². The first-order valence-corrected chi connectivity index (χ1v) is 4.56. The van der Waals surface area contributed by atoms with E-state index in [0.717, 1.165) is 0 Å². The van der Waals surface area contributed by atoms with Crippen LogP contribution in [0.15, 0.2) is 0 Å². The average Bonchev–Trinajstić information content (AvgIpc) is 2.10. The molecule has 0 radical (unpaired) electrons. The van der Waals surface area contributed by atoms with Gasteiger partial charge in [0.25, 0.3) is 0 Å². The van der Waals surface area contributed by atoms with Crippen LogP contribution in [-0.4, -0.2) is 37.4 Å². The maximum absolute atomic E-state index is 11.1.